The number of nitrogens with one attached hydrogen (secondary N) is 1. The number of nitrogens with zero attached hydrogens (tertiary/aromatic N) is 3. The van der Waals surface area contributed by atoms with Crippen LogP contribution < -0.4 is 10.2 Å². The lowest BCUT2D eigenvalue weighted by atomic mass is 10.4. The lowest BCUT2D eigenvalue weighted by Gasteiger charge is -2.17. The van der Waals surface area contributed by atoms with Crippen molar-refractivity contribution < 1.29 is 0 Å². The molecular weight excluding hydrogens is 176 g/mol. The number of rotatable bonds is 5. The standard InChI is InChI=1S/C10H20N4/c1-5-9-8-14(4)10(12-9)13(3)7-6-11-2/h8,11H,5-7H2,1-4H3. The number of likely N-dealkylation sites (N-methyl/N-ethyl adjacent to an activating group) is 2. The normalized spacial score (nSPS) is 10.6. The van der Waals surface area contributed by atoms with Gasteiger partial charge in [-0.05, 0) is 13.5 Å². The molecular formula is C10H20N4. The van der Waals surface area contributed by atoms with Gasteiger partial charge in [0.25, 0.3) is 0 Å². The first kappa shape index (κ1) is 11.0. The first-order chi connectivity index (χ1) is 6.69. The number of aryl methyl sites for hydroxylation is 2. The summed E-state index contributed by atoms with van der Waals surface area (Å²) < 4.78 is 2.08. The first-order valence-corrected chi connectivity index (χ1v) is 5.07. The van der Waals surface area contributed by atoms with E-state index in [1.165, 1.54) is 0 Å². The van der Waals surface area contributed by atoms with Gasteiger partial charge in [-0.15, -0.1) is 0 Å². The van der Waals surface area contributed by atoms with E-state index in [0.29, 0.717) is 0 Å². The lowest BCUT2D eigenvalue weighted by Crippen LogP contribution is -2.28. The highest BCUT2D eigenvalue weighted by atomic mass is 15.3. The second kappa shape index (κ2) is 5.00. The minimum absolute atomic E-state index is 0.977. The van der Waals surface area contributed by atoms with Crippen molar-refractivity contribution in [2.45, 2.75) is 13.3 Å². The third kappa shape index (κ3) is 2.48. The molecule has 0 aliphatic carbocycles. The lowest BCUT2D eigenvalue weighted by molar-refractivity contribution is 0.736. The fourth-order valence-electron chi connectivity index (χ4n) is 1.42. The van der Waals surface area contributed by atoms with E-state index in [-0.39, 0.29) is 0 Å². The van der Waals surface area contributed by atoms with Gasteiger partial charge in [-0.25, -0.2) is 4.98 Å². The van der Waals surface area contributed by atoms with Crippen LogP contribution in [0.1, 0.15) is 12.6 Å². The van der Waals surface area contributed by atoms with E-state index in [0.717, 1.165) is 31.2 Å². The summed E-state index contributed by atoms with van der Waals surface area (Å²) in [4.78, 5) is 6.70. The number of hydrogen-bond donors (Lipinski definition) is 1. The minimum Gasteiger partial charge on any atom is -0.344 e. The fraction of sp³-hybridized carbons (Fsp3) is 0.700. The van der Waals surface area contributed by atoms with E-state index in [1.54, 1.807) is 0 Å². The molecule has 0 saturated carbocycles. The molecule has 80 valence electrons. The van der Waals surface area contributed by atoms with Gasteiger partial charge in [0.2, 0.25) is 5.95 Å². The molecule has 0 aliphatic heterocycles. The highest BCUT2D eigenvalue weighted by Gasteiger charge is 2.07. The van der Waals surface area contributed by atoms with Crippen molar-refractivity contribution in [3.05, 3.63) is 11.9 Å². The molecule has 14 heavy (non-hydrogen) atoms. The molecule has 4 heteroatoms. The topological polar surface area (TPSA) is 33.1 Å². The molecule has 0 bridgehead atoms. The zero-order valence-corrected chi connectivity index (χ0v) is 9.54. The molecule has 0 aromatic carbocycles. The van der Waals surface area contributed by atoms with Crippen LogP contribution in [0.5, 0.6) is 0 Å². The number of anilines is 1. The molecule has 1 rings (SSSR count). The maximum atomic E-state index is 4.54. The molecule has 0 fully saturated rings. The van der Waals surface area contributed by atoms with E-state index in [4.69, 9.17) is 0 Å². The smallest absolute Gasteiger partial charge is 0.205 e. The molecule has 0 aliphatic rings. The van der Waals surface area contributed by atoms with Gasteiger partial charge in [-0.3, -0.25) is 0 Å². The van der Waals surface area contributed by atoms with Crippen molar-refractivity contribution >= 4 is 5.95 Å². The molecule has 0 amide bonds. The van der Waals surface area contributed by atoms with Gasteiger partial charge in [0.05, 0.1) is 5.69 Å². The zero-order chi connectivity index (χ0) is 10.6. The summed E-state index contributed by atoms with van der Waals surface area (Å²) >= 11 is 0. The van der Waals surface area contributed by atoms with Gasteiger partial charge in [0.1, 0.15) is 0 Å². The highest BCUT2D eigenvalue weighted by molar-refractivity contribution is 5.31. The van der Waals surface area contributed by atoms with Gasteiger partial charge in [-0.1, -0.05) is 6.92 Å². The molecule has 0 unspecified atom stereocenters. The number of hydrogen-bond acceptors (Lipinski definition) is 3. The fourth-order valence-corrected chi connectivity index (χ4v) is 1.42. The van der Waals surface area contributed by atoms with Crippen molar-refractivity contribution in [3.8, 4) is 0 Å². The minimum atomic E-state index is 0.977. The largest absolute Gasteiger partial charge is 0.344 e. The monoisotopic (exact) mass is 196 g/mol. The van der Waals surface area contributed by atoms with Crippen molar-refractivity contribution in [2.24, 2.45) is 7.05 Å². The summed E-state index contributed by atoms with van der Waals surface area (Å²) in [5.74, 6) is 1.04. The number of aromatic nitrogens is 2. The van der Waals surface area contributed by atoms with Crippen molar-refractivity contribution in [3.63, 3.8) is 0 Å². The molecule has 4 nitrogen and oxygen atoms in total. The maximum Gasteiger partial charge on any atom is 0.205 e. The van der Waals surface area contributed by atoms with Gasteiger partial charge < -0.3 is 14.8 Å². The van der Waals surface area contributed by atoms with Crippen LogP contribution in [0.25, 0.3) is 0 Å². The summed E-state index contributed by atoms with van der Waals surface area (Å²) in [6, 6.07) is 0. The second-order valence-corrected chi connectivity index (χ2v) is 3.52. The molecule has 0 saturated heterocycles. The Labute approximate surface area is 85.9 Å². The van der Waals surface area contributed by atoms with E-state index in [1.807, 2.05) is 14.1 Å². The van der Waals surface area contributed by atoms with Gasteiger partial charge >= 0.3 is 0 Å². The SMILES string of the molecule is CCc1cn(C)c(N(C)CCNC)n1. The summed E-state index contributed by atoms with van der Waals surface area (Å²) in [5.41, 5.74) is 1.15. The Balaban J connectivity index is 2.68. The zero-order valence-electron chi connectivity index (χ0n) is 9.54. The third-order valence-corrected chi connectivity index (χ3v) is 2.30. The first-order valence-electron chi connectivity index (χ1n) is 5.07. The van der Waals surface area contributed by atoms with Crippen LogP contribution in [-0.2, 0) is 13.5 Å². The van der Waals surface area contributed by atoms with Crippen LogP contribution >= 0.6 is 0 Å². The quantitative estimate of drug-likeness (QED) is 0.750. The predicted octanol–water partition coefficient (Wildman–Crippen LogP) is 0.638. The number of imidazole rings is 1. The van der Waals surface area contributed by atoms with Crippen molar-refractivity contribution in [2.75, 3.05) is 32.1 Å². The van der Waals surface area contributed by atoms with Crippen molar-refractivity contribution in [1.29, 1.82) is 0 Å². The Morgan fingerprint density at radius 2 is 2.29 bits per heavy atom. The molecule has 1 heterocycles. The molecule has 0 radical (unpaired) electrons. The highest BCUT2D eigenvalue weighted by Crippen LogP contribution is 2.10. The van der Waals surface area contributed by atoms with Crippen LogP contribution in [0.15, 0.2) is 6.20 Å². The molecule has 1 aromatic rings. The van der Waals surface area contributed by atoms with E-state index >= 15 is 0 Å². The van der Waals surface area contributed by atoms with E-state index < -0.39 is 0 Å². The summed E-state index contributed by atoms with van der Waals surface area (Å²) in [6.07, 6.45) is 3.08. The second-order valence-electron chi connectivity index (χ2n) is 3.52. The van der Waals surface area contributed by atoms with Gasteiger partial charge in [0.15, 0.2) is 0 Å². The van der Waals surface area contributed by atoms with Crippen LogP contribution in [0, 0.1) is 0 Å². The van der Waals surface area contributed by atoms with Crippen LogP contribution in [0.4, 0.5) is 5.95 Å². The molecule has 0 atom stereocenters. The maximum absolute atomic E-state index is 4.54. The van der Waals surface area contributed by atoms with E-state index in [9.17, 15) is 0 Å². The van der Waals surface area contributed by atoms with Crippen LogP contribution in [0.2, 0.25) is 0 Å². The summed E-state index contributed by atoms with van der Waals surface area (Å²) in [5, 5.41) is 3.13. The Morgan fingerprint density at radius 3 is 2.79 bits per heavy atom. The average Bonchev–Trinajstić information content (AvgIpc) is 2.56. The Morgan fingerprint density at radius 1 is 1.57 bits per heavy atom. The predicted molar refractivity (Wildman–Crippen MR) is 59.8 cm³/mol. The van der Waals surface area contributed by atoms with Crippen LogP contribution in [0.3, 0.4) is 0 Å². The summed E-state index contributed by atoms with van der Waals surface area (Å²) in [7, 11) is 6.07. The van der Waals surface area contributed by atoms with Crippen LogP contribution in [-0.4, -0.2) is 36.7 Å². The molecule has 0 spiro atoms. The van der Waals surface area contributed by atoms with Gasteiger partial charge in [-0.2, -0.15) is 0 Å². The van der Waals surface area contributed by atoms with Crippen molar-refractivity contribution in [1.82, 2.24) is 14.9 Å². The van der Waals surface area contributed by atoms with Gasteiger partial charge in [0, 0.05) is 33.4 Å². The molecule has 1 aromatic heterocycles. The Bertz CT molecular complexity index is 280. The Kier molecular flexibility index (Phi) is 3.95. The third-order valence-electron chi connectivity index (χ3n) is 2.30. The average molecular weight is 196 g/mol. The molecule has 1 N–H and O–H groups in total. The Hall–Kier alpha value is -1.03. The summed E-state index contributed by atoms with van der Waals surface area (Å²) in [6.45, 7) is 4.08. The van der Waals surface area contributed by atoms with E-state index in [2.05, 4.69) is 39.9 Å².